The minimum atomic E-state index is -1.85. The van der Waals surface area contributed by atoms with Crippen LogP contribution in [0.25, 0.3) is 0 Å². The van der Waals surface area contributed by atoms with E-state index in [1.807, 2.05) is 18.2 Å². The van der Waals surface area contributed by atoms with Crippen molar-refractivity contribution in [2.75, 3.05) is 0 Å². The van der Waals surface area contributed by atoms with Crippen molar-refractivity contribution in [1.82, 2.24) is 5.32 Å². The van der Waals surface area contributed by atoms with Gasteiger partial charge in [0, 0.05) is 23.6 Å². The van der Waals surface area contributed by atoms with Crippen LogP contribution in [0, 0.1) is 0 Å². The normalized spacial score (nSPS) is 19.8. The average Bonchev–Trinajstić information content (AvgIpc) is 2.89. The SMILES string of the molecule is CC(C)(C)[Si](C)(C)OC(CCC1CCC(=O)N1)Cc1cccc(Cl)c1. The van der Waals surface area contributed by atoms with Gasteiger partial charge in [-0.15, -0.1) is 0 Å². The van der Waals surface area contributed by atoms with Crippen LogP contribution in [-0.4, -0.2) is 26.4 Å². The van der Waals surface area contributed by atoms with Crippen molar-refractivity contribution in [3.05, 3.63) is 34.9 Å². The topological polar surface area (TPSA) is 38.3 Å². The lowest BCUT2D eigenvalue weighted by molar-refractivity contribution is -0.119. The Bertz CT molecular complexity index is 598. The third-order valence-electron chi connectivity index (χ3n) is 5.54. The second kappa shape index (κ2) is 8.23. The van der Waals surface area contributed by atoms with Crippen molar-refractivity contribution < 1.29 is 9.22 Å². The fraction of sp³-hybridized carbons (Fsp3) is 0.650. The molecular formula is C20H32ClNO2Si. The molecule has 5 heteroatoms. The molecule has 1 fully saturated rings. The molecular weight excluding hydrogens is 350 g/mol. The van der Waals surface area contributed by atoms with Crippen molar-refractivity contribution >= 4 is 25.8 Å². The summed E-state index contributed by atoms with van der Waals surface area (Å²) < 4.78 is 6.72. The molecule has 25 heavy (non-hydrogen) atoms. The van der Waals surface area contributed by atoms with Crippen LogP contribution < -0.4 is 5.32 Å². The maximum atomic E-state index is 11.4. The highest BCUT2D eigenvalue weighted by Crippen LogP contribution is 2.38. The zero-order valence-electron chi connectivity index (χ0n) is 16.2. The molecule has 2 atom stereocenters. The summed E-state index contributed by atoms with van der Waals surface area (Å²) in [5.74, 6) is 0.182. The zero-order chi connectivity index (χ0) is 18.7. The second-order valence-corrected chi connectivity index (χ2v) is 13.9. The van der Waals surface area contributed by atoms with Crippen LogP contribution >= 0.6 is 11.6 Å². The number of halogens is 1. The highest BCUT2D eigenvalue weighted by Gasteiger charge is 2.39. The zero-order valence-corrected chi connectivity index (χ0v) is 18.0. The molecule has 1 aromatic carbocycles. The van der Waals surface area contributed by atoms with E-state index < -0.39 is 8.32 Å². The van der Waals surface area contributed by atoms with Crippen LogP contribution in [0.3, 0.4) is 0 Å². The summed E-state index contributed by atoms with van der Waals surface area (Å²) >= 11 is 6.15. The van der Waals surface area contributed by atoms with Crippen molar-refractivity contribution in [3.8, 4) is 0 Å². The molecule has 3 nitrogen and oxygen atoms in total. The van der Waals surface area contributed by atoms with Gasteiger partial charge in [-0.1, -0.05) is 44.5 Å². The summed E-state index contributed by atoms with van der Waals surface area (Å²) in [6.07, 6.45) is 4.58. The van der Waals surface area contributed by atoms with E-state index in [9.17, 15) is 4.79 Å². The third-order valence-corrected chi connectivity index (χ3v) is 10.3. The monoisotopic (exact) mass is 381 g/mol. The highest BCUT2D eigenvalue weighted by atomic mass is 35.5. The number of nitrogens with one attached hydrogen (secondary N) is 1. The van der Waals surface area contributed by atoms with Gasteiger partial charge in [-0.25, -0.2) is 0 Å². The Morgan fingerprint density at radius 2 is 2.08 bits per heavy atom. The fourth-order valence-electron chi connectivity index (χ4n) is 3.00. The van der Waals surface area contributed by atoms with Gasteiger partial charge < -0.3 is 9.74 Å². The van der Waals surface area contributed by atoms with Gasteiger partial charge in [-0.05, 0) is 61.5 Å². The van der Waals surface area contributed by atoms with Gasteiger partial charge >= 0.3 is 0 Å². The van der Waals surface area contributed by atoms with Gasteiger partial charge in [0.25, 0.3) is 0 Å². The molecule has 1 heterocycles. The lowest BCUT2D eigenvalue weighted by atomic mass is 10.0. The van der Waals surface area contributed by atoms with E-state index in [0.29, 0.717) is 12.5 Å². The summed E-state index contributed by atoms with van der Waals surface area (Å²) in [5.41, 5.74) is 1.21. The van der Waals surface area contributed by atoms with Gasteiger partial charge in [-0.3, -0.25) is 4.79 Å². The number of carbonyl (C=O) groups excluding carboxylic acids is 1. The van der Waals surface area contributed by atoms with Gasteiger partial charge in [0.15, 0.2) is 8.32 Å². The van der Waals surface area contributed by atoms with Crippen LogP contribution in [0.2, 0.25) is 23.2 Å². The van der Waals surface area contributed by atoms with Crippen molar-refractivity contribution in [3.63, 3.8) is 0 Å². The van der Waals surface area contributed by atoms with E-state index in [-0.39, 0.29) is 17.0 Å². The number of carbonyl (C=O) groups is 1. The smallest absolute Gasteiger partial charge is 0.220 e. The van der Waals surface area contributed by atoms with Crippen molar-refractivity contribution in [2.45, 2.75) is 83.2 Å². The molecule has 1 aliphatic rings. The molecule has 1 amide bonds. The largest absolute Gasteiger partial charge is 0.414 e. The highest BCUT2D eigenvalue weighted by molar-refractivity contribution is 6.74. The molecule has 0 spiro atoms. The van der Waals surface area contributed by atoms with E-state index in [1.54, 1.807) is 0 Å². The Kier molecular flexibility index (Phi) is 6.74. The van der Waals surface area contributed by atoms with Crippen LogP contribution in [0.4, 0.5) is 0 Å². The van der Waals surface area contributed by atoms with Gasteiger partial charge in [0.2, 0.25) is 5.91 Å². The van der Waals surface area contributed by atoms with Gasteiger partial charge in [-0.2, -0.15) is 0 Å². The number of rotatable bonds is 7. The average molecular weight is 382 g/mol. The first-order valence-electron chi connectivity index (χ1n) is 9.28. The molecule has 1 saturated heterocycles. The molecule has 2 unspecified atom stereocenters. The molecule has 2 rings (SSSR count). The van der Waals surface area contributed by atoms with E-state index in [4.69, 9.17) is 16.0 Å². The molecule has 1 aliphatic heterocycles. The van der Waals surface area contributed by atoms with Crippen molar-refractivity contribution in [2.24, 2.45) is 0 Å². The summed E-state index contributed by atoms with van der Waals surface area (Å²) in [6.45, 7) is 11.4. The maximum Gasteiger partial charge on any atom is 0.220 e. The van der Waals surface area contributed by atoms with E-state index >= 15 is 0 Å². The Labute approximate surface area is 158 Å². The van der Waals surface area contributed by atoms with Crippen LogP contribution in [0.1, 0.15) is 52.0 Å². The van der Waals surface area contributed by atoms with Gasteiger partial charge in [0.05, 0.1) is 0 Å². The first-order chi connectivity index (χ1) is 11.6. The van der Waals surface area contributed by atoms with Crippen LogP contribution in [-0.2, 0) is 15.6 Å². The lowest BCUT2D eigenvalue weighted by Gasteiger charge is -2.39. The molecule has 1 aromatic rings. The molecule has 0 saturated carbocycles. The Morgan fingerprint density at radius 1 is 1.36 bits per heavy atom. The Morgan fingerprint density at radius 3 is 2.64 bits per heavy atom. The standard InChI is InChI=1S/C20H32ClNO2Si/c1-20(2,3)25(4,5)24-18(11-9-17-10-12-19(23)22-17)14-15-7-6-8-16(21)13-15/h6-8,13,17-18H,9-12,14H2,1-5H3,(H,22,23). The minimum Gasteiger partial charge on any atom is -0.414 e. The Balaban J connectivity index is 2.05. The molecule has 0 aliphatic carbocycles. The number of benzene rings is 1. The maximum absolute atomic E-state index is 11.4. The summed E-state index contributed by atoms with van der Waals surface area (Å²) in [4.78, 5) is 11.4. The van der Waals surface area contributed by atoms with Gasteiger partial charge in [0.1, 0.15) is 0 Å². The predicted octanol–water partition coefficient (Wildman–Crippen LogP) is 5.33. The van der Waals surface area contributed by atoms with E-state index in [0.717, 1.165) is 30.7 Å². The number of hydrogen-bond donors (Lipinski definition) is 1. The quantitative estimate of drug-likeness (QED) is 0.648. The molecule has 0 radical (unpaired) electrons. The summed E-state index contributed by atoms with van der Waals surface area (Å²) in [5, 5.41) is 4.02. The van der Waals surface area contributed by atoms with E-state index in [2.05, 4.69) is 45.2 Å². The first kappa shape index (κ1) is 20.5. The summed E-state index contributed by atoms with van der Waals surface area (Å²) in [6, 6.07) is 8.35. The van der Waals surface area contributed by atoms with Crippen LogP contribution in [0.5, 0.6) is 0 Å². The van der Waals surface area contributed by atoms with E-state index in [1.165, 1.54) is 5.56 Å². The van der Waals surface area contributed by atoms with Crippen molar-refractivity contribution in [1.29, 1.82) is 0 Å². The fourth-order valence-corrected chi connectivity index (χ4v) is 4.60. The molecule has 1 N–H and O–H groups in total. The molecule has 0 aromatic heterocycles. The second-order valence-electron chi connectivity index (χ2n) is 8.71. The molecule has 140 valence electrons. The number of hydrogen-bond acceptors (Lipinski definition) is 2. The molecule has 0 bridgehead atoms. The lowest BCUT2D eigenvalue weighted by Crippen LogP contribution is -2.44. The first-order valence-corrected chi connectivity index (χ1v) is 12.6. The third kappa shape index (κ3) is 6.12. The summed E-state index contributed by atoms with van der Waals surface area (Å²) in [7, 11) is -1.85. The number of amides is 1. The minimum absolute atomic E-state index is 0.164. The predicted molar refractivity (Wildman–Crippen MR) is 108 cm³/mol. The Hall–Kier alpha value is -0.843. The van der Waals surface area contributed by atoms with Crippen LogP contribution in [0.15, 0.2) is 24.3 Å².